The van der Waals surface area contributed by atoms with E-state index in [1.807, 2.05) is 30.3 Å². The Labute approximate surface area is 142 Å². The predicted molar refractivity (Wildman–Crippen MR) is 87.0 cm³/mol. The lowest BCUT2D eigenvalue weighted by atomic mass is 9.94. The number of para-hydroxylation sites is 1. The molecule has 132 valence electrons. The van der Waals surface area contributed by atoms with E-state index < -0.39 is 23.6 Å². The van der Waals surface area contributed by atoms with E-state index in [9.17, 15) is 18.0 Å². The number of carbonyl (C=O) groups excluding carboxylic acids is 1. The van der Waals surface area contributed by atoms with Crippen molar-refractivity contribution < 1.29 is 18.0 Å². The van der Waals surface area contributed by atoms with Gasteiger partial charge in [-0.15, -0.1) is 0 Å². The molecule has 5 nitrogen and oxygen atoms in total. The molecule has 0 aliphatic carbocycles. The van der Waals surface area contributed by atoms with E-state index in [0.29, 0.717) is 6.54 Å². The number of nitrogens with one attached hydrogen (secondary N) is 4. The second-order valence-electron chi connectivity index (χ2n) is 5.68. The van der Waals surface area contributed by atoms with Crippen LogP contribution in [0.1, 0.15) is 17.2 Å². The molecule has 0 radical (unpaired) electrons. The first-order valence-corrected chi connectivity index (χ1v) is 7.72. The van der Waals surface area contributed by atoms with Crippen molar-refractivity contribution in [1.29, 1.82) is 0 Å². The molecule has 3 rings (SSSR count). The van der Waals surface area contributed by atoms with E-state index in [1.54, 1.807) is 0 Å². The van der Waals surface area contributed by atoms with Crippen LogP contribution in [0.3, 0.4) is 0 Å². The second-order valence-corrected chi connectivity index (χ2v) is 5.68. The van der Waals surface area contributed by atoms with Gasteiger partial charge in [0.2, 0.25) is 5.91 Å². The summed E-state index contributed by atoms with van der Waals surface area (Å²) in [6.45, 7) is 0.369. The Morgan fingerprint density at radius 1 is 1.04 bits per heavy atom. The smallest absolute Gasteiger partial charge is 0.298 e. The molecule has 1 fully saturated rings. The number of anilines is 1. The van der Waals surface area contributed by atoms with E-state index in [-0.39, 0.29) is 11.7 Å². The first kappa shape index (κ1) is 17.2. The Morgan fingerprint density at radius 2 is 1.72 bits per heavy atom. The van der Waals surface area contributed by atoms with Crippen molar-refractivity contribution in [3.05, 3.63) is 65.7 Å². The van der Waals surface area contributed by atoms with Crippen molar-refractivity contribution in [2.75, 3.05) is 12.0 Å². The summed E-state index contributed by atoms with van der Waals surface area (Å²) in [7, 11) is 0. The number of rotatable bonds is 4. The number of benzene rings is 2. The van der Waals surface area contributed by atoms with Crippen LogP contribution in [-0.4, -0.2) is 12.5 Å². The van der Waals surface area contributed by atoms with Crippen LogP contribution in [0.5, 0.6) is 0 Å². The number of carbonyl (C=O) groups is 1. The lowest BCUT2D eigenvalue weighted by Crippen LogP contribution is -2.38. The Balaban J connectivity index is 1.69. The van der Waals surface area contributed by atoms with Gasteiger partial charge in [0.15, 0.2) is 0 Å². The van der Waals surface area contributed by atoms with Gasteiger partial charge in [-0.2, -0.15) is 13.2 Å². The Morgan fingerprint density at radius 3 is 2.44 bits per heavy atom. The Hall–Kier alpha value is -2.58. The van der Waals surface area contributed by atoms with E-state index in [2.05, 4.69) is 21.7 Å². The van der Waals surface area contributed by atoms with Gasteiger partial charge in [0.05, 0.1) is 23.2 Å². The molecule has 1 aliphatic heterocycles. The number of hydrogen-bond donors (Lipinski definition) is 4. The van der Waals surface area contributed by atoms with Gasteiger partial charge in [0.25, 0.3) is 0 Å². The molecular weight excluding hydrogens is 333 g/mol. The fourth-order valence-corrected chi connectivity index (χ4v) is 2.78. The molecule has 2 aromatic carbocycles. The lowest BCUT2D eigenvalue weighted by Gasteiger charge is -2.20. The molecule has 0 saturated carbocycles. The number of hydrazine groups is 2. The fourth-order valence-electron chi connectivity index (χ4n) is 2.78. The largest absolute Gasteiger partial charge is 0.418 e. The maximum Gasteiger partial charge on any atom is 0.418 e. The van der Waals surface area contributed by atoms with Gasteiger partial charge < -0.3 is 0 Å². The highest BCUT2D eigenvalue weighted by Gasteiger charge is 2.35. The average molecular weight is 350 g/mol. The highest BCUT2D eigenvalue weighted by molar-refractivity contribution is 5.81. The van der Waals surface area contributed by atoms with Crippen LogP contribution in [0.4, 0.5) is 18.9 Å². The molecule has 2 atom stereocenters. The van der Waals surface area contributed by atoms with Gasteiger partial charge in [-0.1, -0.05) is 42.5 Å². The first-order chi connectivity index (χ1) is 12.0. The summed E-state index contributed by atoms with van der Waals surface area (Å²) in [4.78, 5) is 12.4. The van der Waals surface area contributed by atoms with E-state index in [0.717, 1.165) is 11.6 Å². The summed E-state index contributed by atoms with van der Waals surface area (Å²) in [6, 6.07) is 14.1. The summed E-state index contributed by atoms with van der Waals surface area (Å²) < 4.78 is 39.0. The molecule has 0 aromatic heterocycles. The number of alkyl halides is 3. The minimum atomic E-state index is -4.50. The van der Waals surface area contributed by atoms with Crippen LogP contribution in [-0.2, 0) is 11.0 Å². The monoisotopic (exact) mass is 350 g/mol. The van der Waals surface area contributed by atoms with Crippen molar-refractivity contribution in [2.45, 2.75) is 12.2 Å². The third-order valence-corrected chi connectivity index (χ3v) is 4.03. The van der Waals surface area contributed by atoms with E-state index in [1.165, 1.54) is 18.2 Å². The summed E-state index contributed by atoms with van der Waals surface area (Å²) in [5, 5.41) is 0. The molecule has 1 aliphatic rings. The standard InChI is InChI=1S/C17H17F3N4O/c18-17(19,20)13-8-4-5-9-14(13)22-24-16(25)12-10-21-23-15(12)11-6-2-1-3-7-11/h1-9,12,15,21-23H,10H2,(H,24,25). The van der Waals surface area contributed by atoms with Gasteiger partial charge in [-0.3, -0.25) is 21.1 Å². The normalized spacial score (nSPS) is 20.3. The molecule has 0 bridgehead atoms. The van der Waals surface area contributed by atoms with Crippen LogP contribution in [0.15, 0.2) is 54.6 Å². The third kappa shape index (κ3) is 3.92. The molecule has 2 unspecified atom stereocenters. The molecule has 1 amide bonds. The minimum absolute atomic E-state index is 0.196. The van der Waals surface area contributed by atoms with E-state index >= 15 is 0 Å². The fraction of sp³-hybridized carbons (Fsp3) is 0.235. The lowest BCUT2D eigenvalue weighted by molar-refractivity contribution is -0.137. The summed E-state index contributed by atoms with van der Waals surface area (Å²) in [6.07, 6.45) is -4.50. The Bertz CT molecular complexity index is 736. The molecule has 1 heterocycles. The molecular formula is C17H17F3N4O. The average Bonchev–Trinajstić information content (AvgIpc) is 3.10. The van der Waals surface area contributed by atoms with Crippen molar-refractivity contribution in [2.24, 2.45) is 5.92 Å². The van der Waals surface area contributed by atoms with Crippen molar-refractivity contribution in [3.63, 3.8) is 0 Å². The zero-order valence-corrected chi connectivity index (χ0v) is 13.1. The van der Waals surface area contributed by atoms with Crippen molar-refractivity contribution >= 4 is 11.6 Å². The maximum atomic E-state index is 13.0. The Kier molecular flexibility index (Phi) is 4.91. The predicted octanol–water partition coefficient (Wildman–Crippen LogP) is 2.61. The molecule has 8 heteroatoms. The van der Waals surface area contributed by atoms with Crippen LogP contribution in [0.25, 0.3) is 0 Å². The van der Waals surface area contributed by atoms with Crippen molar-refractivity contribution in [3.8, 4) is 0 Å². The maximum absolute atomic E-state index is 13.0. The zero-order valence-electron chi connectivity index (χ0n) is 13.1. The molecule has 0 spiro atoms. The molecule has 4 N–H and O–H groups in total. The number of amides is 1. The van der Waals surface area contributed by atoms with Gasteiger partial charge >= 0.3 is 6.18 Å². The molecule has 25 heavy (non-hydrogen) atoms. The van der Waals surface area contributed by atoms with Crippen LogP contribution in [0.2, 0.25) is 0 Å². The summed E-state index contributed by atoms with van der Waals surface area (Å²) >= 11 is 0. The quantitative estimate of drug-likeness (QED) is 0.640. The van der Waals surface area contributed by atoms with Crippen LogP contribution < -0.4 is 21.7 Å². The third-order valence-electron chi connectivity index (χ3n) is 4.03. The first-order valence-electron chi connectivity index (χ1n) is 7.72. The van der Waals surface area contributed by atoms with E-state index in [4.69, 9.17) is 0 Å². The zero-order chi connectivity index (χ0) is 17.9. The highest BCUT2D eigenvalue weighted by atomic mass is 19.4. The summed E-state index contributed by atoms with van der Waals surface area (Å²) in [5.41, 5.74) is 10.6. The van der Waals surface area contributed by atoms with Crippen molar-refractivity contribution in [1.82, 2.24) is 16.3 Å². The van der Waals surface area contributed by atoms with Gasteiger partial charge in [0.1, 0.15) is 0 Å². The number of hydrogen-bond acceptors (Lipinski definition) is 4. The topological polar surface area (TPSA) is 65.2 Å². The minimum Gasteiger partial charge on any atom is -0.298 e. The number of halogens is 3. The second kappa shape index (κ2) is 7.12. The van der Waals surface area contributed by atoms with Crippen LogP contribution >= 0.6 is 0 Å². The molecule has 1 saturated heterocycles. The van der Waals surface area contributed by atoms with Crippen LogP contribution in [0, 0.1) is 5.92 Å². The highest BCUT2D eigenvalue weighted by Crippen LogP contribution is 2.34. The summed E-state index contributed by atoms with van der Waals surface area (Å²) in [5.74, 6) is -0.865. The van der Waals surface area contributed by atoms with Gasteiger partial charge in [0, 0.05) is 6.54 Å². The van der Waals surface area contributed by atoms with Gasteiger partial charge in [-0.05, 0) is 17.7 Å². The molecule has 2 aromatic rings. The van der Waals surface area contributed by atoms with Gasteiger partial charge in [-0.25, -0.2) is 5.43 Å². The SMILES string of the molecule is O=C(NNc1ccccc1C(F)(F)F)C1CNNC1c1ccccc1.